The Labute approximate surface area is 176 Å². The second kappa shape index (κ2) is 7.81. The van der Waals surface area contributed by atoms with E-state index in [1.54, 1.807) is 29.7 Å². The van der Waals surface area contributed by atoms with Crippen LogP contribution < -0.4 is 10.9 Å². The quantitative estimate of drug-likeness (QED) is 0.500. The standard InChI is InChI=1S/C22H18ClN3O2S/c1-13-16(23)9-6-10-17(13)25-20(27)19-14(2)18-21(29-19)24-12-26(22(18)28)11-15-7-4-3-5-8-15/h3-10,12H,11H2,1-2H3,(H,25,27). The summed E-state index contributed by atoms with van der Waals surface area (Å²) in [5.74, 6) is -0.273. The molecule has 5 nitrogen and oxygen atoms in total. The third-order valence-electron chi connectivity index (χ3n) is 4.84. The van der Waals surface area contributed by atoms with Crippen molar-refractivity contribution in [3.05, 3.63) is 91.8 Å². The first-order valence-electron chi connectivity index (χ1n) is 9.04. The Morgan fingerprint density at radius 2 is 1.86 bits per heavy atom. The molecule has 29 heavy (non-hydrogen) atoms. The number of hydrogen-bond donors (Lipinski definition) is 1. The van der Waals surface area contributed by atoms with E-state index in [-0.39, 0.29) is 11.5 Å². The molecule has 1 amide bonds. The van der Waals surface area contributed by atoms with Gasteiger partial charge in [0.15, 0.2) is 0 Å². The Morgan fingerprint density at radius 1 is 1.10 bits per heavy atom. The number of nitrogens with zero attached hydrogens (tertiary/aromatic N) is 2. The molecular formula is C22H18ClN3O2S. The van der Waals surface area contributed by atoms with Gasteiger partial charge in [-0.25, -0.2) is 4.98 Å². The smallest absolute Gasteiger partial charge is 0.266 e. The summed E-state index contributed by atoms with van der Waals surface area (Å²) in [7, 11) is 0. The Morgan fingerprint density at radius 3 is 2.62 bits per heavy atom. The molecule has 4 rings (SSSR count). The molecular weight excluding hydrogens is 406 g/mol. The highest BCUT2D eigenvalue weighted by Crippen LogP contribution is 2.29. The summed E-state index contributed by atoms with van der Waals surface area (Å²) in [6, 6.07) is 15.1. The van der Waals surface area contributed by atoms with Gasteiger partial charge in [0.05, 0.1) is 23.1 Å². The molecule has 0 aliphatic carbocycles. The van der Waals surface area contributed by atoms with Crippen LogP contribution in [0.2, 0.25) is 5.02 Å². The van der Waals surface area contributed by atoms with Gasteiger partial charge in [-0.05, 0) is 42.7 Å². The molecule has 2 aromatic heterocycles. The van der Waals surface area contributed by atoms with Gasteiger partial charge in [0.1, 0.15) is 4.83 Å². The van der Waals surface area contributed by atoms with E-state index in [4.69, 9.17) is 11.6 Å². The van der Waals surface area contributed by atoms with Crippen LogP contribution in [0, 0.1) is 13.8 Å². The third kappa shape index (κ3) is 3.69. The van der Waals surface area contributed by atoms with Crippen molar-refractivity contribution in [3.8, 4) is 0 Å². The maximum absolute atomic E-state index is 13.0. The molecule has 2 heterocycles. The zero-order valence-electron chi connectivity index (χ0n) is 15.9. The summed E-state index contributed by atoms with van der Waals surface area (Å²) >= 11 is 7.36. The van der Waals surface area contributed by atoms with E-state index in [9.17, 15) is 9.59 Å². The zero-order valence-corrected chi connectivity index (χ0v) is 17.5. The molecule has 2 aromatic carbocycles. The highest BCUT2D eigenvalue weighted by Gasteiger charge is 2.20. The highest BCUT2D eigenvalue weighted by atomic mass is 35.5. The van der Waals surface area contributed by atoms with E-state index in [0.717, 1.165) is 11.1 Å². The molecule has 0 atom stereocenters. The predicted octanol–water partition coefficient (Wildman–Crippen LogP) is 5.03. The van der Waals surface area contributed by atoms with Crippen molar-refractivity contribution in [1.82, 2.24) is 9.55 Å². The minimum Gasteiger partial charge on any atom is -0.321 e. The molecule has 7 heteroatoms. The van der Waals surface area contributed by atoms with Crippen molar-refractivity contribution in [1.29, 1.82) is 0 Å². The summed E-state index contributed by atoms with van der Waals surface area (Å²) in [5, 5.41) is 3.97. The fraction of sp³-hybridized carbons (Fsp3) is 0.136. The van der Waals surface area contributed by atoms with E-state index in [1.165, 1.54) is 17.7 Å². The molecule has 1 N–H and O–H groups in total. The number of hydrogen-bond acceptors (Lipinski definition) is 4. The van der Waals surface area contributed by atoms with Crippen LogP contribution in [-0.2, 0) is 6.54 Å². The van der Waals surface area contributed by atoms with Crippen molar-refractivity contribution in [2.24, 2.45) is 0 Å². The van der Waals surface area contributed by atoms with Crippen LogP contribution in [0.1, 0.15) is 26.4 Å². The van der Waals surface area contributed by atoms with E-state index in [2.05, 4.69) is 10.3 Å². The lowest BCUT2D eigenvalue weighted by molar-refractivity contribution is 0.103. The van der Waals surface area contributed by atoms with Gasteiger partial charge in [0.25, 0.3) is 11.5 Å². The van der Waals surface area contributed by atoms with E-state index < -0.39 is 0 Å². The molecule has 0 bridgehead atoms. The lowest BCUT2D eigenvalue weighted by Gasteiger charge is -2.09. The number of aryl methyl sites for hydroxylation is 1. The summed E-state index contributed by atoms with van der Waals surface area (Å²) < 4.78 is 1.57. The number of carbonyl (C=O) groups excluding carboxylic acids is 1. The lowest BCUT2D eigenvalue weighted by Crippen LogP contribution is -2.21. The molecule has 4 aromatic rings. The number of aromatic nitrogens is 2. The number of rotatable bonds is 4. The van der Waals surface area contributed by atoms with Crippen LogP contribution in [0.4, 0.5) is 5.69 Å². The minimum absolute atomic E-state index is 0.148. The van der Waals surface area contributed by atoms with Gasteiger partial charge in [-0.1, -0.05) is 48.0 Å². The minimum atomic E-state index is -0.273. The van der Waals surface area contributed by atoms with Crippen molar-refractivity contribution in [2.75, 3.05) is 5.32 Å². The van der Waals surface area contributed by atoms with Crippen LogP contribution in [0.5, 0.6) is 0 Å². The Bertz CT molecular complexity index is 1280. The summed E-state index contributed by atoms with van der Waals surface area (Å²) in [5.41, 5.74) is 2.95. The average molecular weight is 424 g/mol. The van der Waals surface area contributed by atoms with E-state index in [0.29, 0.717) is 37.9 Å². The Hall–Kier alpha value is -2.96. The molecule has 0 unspecified atom stereocenters. The van der Waals surface area contributed by atoms with Crippen LogP contribution in [0.3, 0.4) is 0 Å². The maximum atomic E-state index is 13.0. The summed E-state index contributed by atoms with van der Waals surface area (Å²) in [4.78, 5) is 31.4. The maximum Gasteiger partial charge on any atom is 0.266 e. The number of amides is 1. The van der Waals surface area contributed by atoms with Gasteiger partial charge in [-0.2, -0.15) is 0 Å². The number of carbonyl (C=O) groups is 1. The normalized spacial score (nSPS) is 11.0. The van der Waals surface area contributed by atoms with E-state index in [1.807, 2.05) is 37.3 Å². The van der Waals surface area contributed by atoms with Crippen molar-refractivity contribution in [2.45, 2.75) is 20.4 Å². The van der Waals surface area contributed by atoms with Crippen molar-refractivity contribution in [3.63, 3.8) is 0 Å². The number of nitrogens with one attached hydrogen (secondary N) is 1. The molecule has 0 saturated carbocycles. The average Bonchev–Trinajstić information content (AvgIpc) is 3.06. The van der Waals surface area contributed by atoms with Gasteiger partial charge >= 0.3 is 0 Å². The molecule has 0 saturated heterocycles. The van der Waals surface area contributed by atoms with Crippen LogP contribution in [0.15, 0.2) is 59.7 Å². The third-order valence-corrected chi connectivity index (χ3v) is 6.44. The van der Waals surface area contributed by atoms with Gasteiger partial charge < -0.3 is 5.32 Å². The SMILES string of the molecule is Cc1c(Cl)cccc1NC(=O)c1sc2ncn(Cc3ccccc3)c(=O)c2c1C. The largest absolute Gasteiger partial charge is 0.321 e. The van der Waals surface area contributed by atoms with Crippen LogP contribution in [-0.4, -0.2) is 15.5 Å². The monoisotopic (exact) mass is 423 g/mol. The topological polar surface area (TPSA) is 64.0 Å². The fourth-order valence-electron chi connectivity index (χ4n) is 3.19. The number of anilines is 1. The highest BCUT2D eigenvalue weighted by molar-refractivity contribution is 7.20. The molecule has 0 fully saturated rings. The molecule has 0 radical (unpaired) electrons. The fourth-order valence-corrected chi connectivity index (χ4v) is 4.40. The number of halogens is 1. The number of thiophene rings is 1. The summed E-state index contributed by atoms with van der Waals surface area (Å²) in [6.45, 7) is 4.06. The van der Waals surface area contributed by atoms with Crippen LogP contribution in [0.25, 0.3) is 10.2 Å². The molecule has 0 aliphatic heterocycles. The summed E-state index contributed by atoms with van der Waals surface area (Å²) in [6.07, 6.45) is 1.54. The Balaban J connectivity index is 1.70. The van der Waals surface area contributed by atoms with Crippen LogP contribution >= 0.6 is 22.9 Å². The van der Waals surface area contributed by atoms with Gasteiger partial charge in [-0.3, -0.25) is 14.2 Å². The van der Waals surface area contributed by atoms with Gasteiger partial charge in [-0.15, -0.1) is 11.3 Å². The first-order chi connectivity index (χ1) is 14.0. The number of benzene rings is 2. The Kier molecular flexibility index (Phi) is 5.22. The lowest BCUT2D eigenvalue weighted by atomic mass is 10.1. The molecule has 0 aliphatic rings. The second-order valence-electron chi connectivity index (χ2n) is 6.77. The van der Waals surface area contributed by atoms with Crippen molar-refractivity contribution < 1.29 is 4.79 Å². The van der Waals surface area contributed by atoms with Gasteiger partial charge in [0.2, 0.25) is 0 Å². The molecule has 146 valence electrons. The number of fused-ring (bicyclic) bond motifs is 1. The molecule has 0 spiro atoms. The first-order valence-corrected chi connectivity index (χ1v) is 10.2. The predicted molar refractivity (Wildman–Crippen MR) is 118 cm³/mol. The first kappa shape index (κ1) is 19.4. The van der Waals surface area contributed by atoms with Crippen molar-refractivity contribution >= 4 is 44.7 Å². The van der Waals surface area contributed by atoms with Gasteiger partial charge in [0, 0.05) is 10.7 Å². The van der Waals surface area contributed by atoms with E-state index >= 15 is 0 Å². The zero-order chi connectivity index (χ0) is 20.5. The second-order valence-corrected chi connectivity index (χ2v) is 8.17.